The molecular formula is C16H17N5O4S. The highest BCUT2D eigenvalue weighted by Gasteiger charge is 2.20. The molecule has 0 aromatic carbocycles. The van der Waals surface area contributed by atoms with E-state index in [9.17, 15) is 9.59 Å². The van der Waals surface area contributed by atoms with Gasteiger partial charge in [-0.1, -0.05) is 11.3 Å². The van der Waals surface area contributed by atoms with Crippen LogP contribution in [0.15, 0.2) is 27.5 Å². The first-order chi connectivity index (χ1) is 12.6. The summed E-state index contributed by atoms with van der Waals surface area (Å²) in [6, 6.07) is 3.59. The monoisotopic (exact) mass is 375 g/mol. The number of nitrogens with zero attached hydrogens (tertiary/aromatic N) is 4. The van der Waals surface area contributed by atoms with Crippen LogP contribution in [0, 0.1) is 6.92 Å². The number of anilines is 1. The smallest absolute Gasteiger partial charge is 0.288 e. The van der Waals surface area contributed by atoms with Crippen LogP contribution in [0.4, 0.5) is 5.13 Å². The number of fused-ring (bicyclic) bond motifs is 1. The van der Waals surface area contributed by atoms with Crippen molar-refractivity contribution in [3.63, 3.8) is 0 Å². The van der Waals surface area contributed by atoms with Gasteiger partial charge in [0, 0.05) is 19.3 Å². The van der Waals surface area contributed by atoms with E-state index < -0.39 is 11.5 Å². The highest BCUT2D eigenvalue weighted by molar-refractivity contribution is 7.20. The zero-order valence-electron chi connectivity index (χ0n) is 14.1. The molecule has 0 bridgehead atoms. The molecule has 0 unspecified atom stereocenters. The topological polar surface area (TPSA) is 102 Å². The predicted octanol–water partition coefficient (Wildman–Crippen LogP) is 0.819. The number of nitrogens with one attached hydrogen (secondary N) is 1. The molecule has 3 aromatic heterocycles. The Morgan fingerprint density at radius 2 is 2.15 bits per heavy atom. The average molecular weight is 375 g/mol. The van der Waals surface area contributed by atoms with Gasteiger partial charge in [-0.25, -0.2) is 4.98 Å². The summed E-state index contributed by atoms with van der Waals surface area (Å²) in [6.45, 7) is 4.69. The van der Waals surface area contributed by atoms with Crippen LogP contribution in [-0.4, -0.2) is 46.8 Å². The Hall–Kier alpha value is -2.72. The number of morpholine rings is 1. The Bertz CT molecular complexity index is 1000. The minimum absolute atomic E-state index is 0.0513. The molecular weight excluding hydrogens is 358 g/mol. The number of hydrogen-bond acceptors (Lipinski definition) is 8. The molecule has 0 aliphatic carbocycles. The molecule has 1 amide bonds. The van der Waals surface area contributed by atoms with Crippen molar-refractivity contribution in [3.8, 4) is 0 Å². The van der Waals surface area contributed by atoms with Crippen LogP contribution < -0.4 is 15.8 Å². The first-order valence-electron chi connectivity index (χ1n) is 8.17. The van der Waals surface area contributed by atoms with Gasteiger partial charge in [0.25, 0.3) is 11.5 Å². The van der Waals surface area contributed by atoms with Gasteiger partial charge in [0.05, 0.1) is 19.8 Å². The number of hydrogen-bond donors (Lipinski definition) is 1. The molecule has 136 valence electrons. The molecule has 0 radical (unpaired) electrons. The van der Waals surface area contributed by atoms with Crippen molar-refractivity contribution >= 4 is 27.3 Å². The Morgan fingerprint density at radius 1 is 1.35 bits per heavy atom. The number of amides is 1. The van der Waals surface area contributed by atoms with Gasteiger partial charge in [-0.2, -0.15) is 4.52 Å². The molecule has 0 atom stereocenters. The Balaban J connectivity index is 1.56. The number of aryl methyl sites for hydroxylation is 1. The van der Waals surface area contributed by atoms with Crippen LogP contribution in [0.3, 0.4) is 0 Å². The molecule has 0 saturated carbocycles. The van der Waals surface area contributed by atoms with Crippen molar-refractivity contribution in [2.45, 2.75) is 13.5 Å². The van der Waals surface area contributed by atoms with Gasteiger partial charge in [0.15, 0.2) is 0 Å². The zero-order chi connectivity index (χ0) is 18.1. The summed E-state index contributed by atoms with van der Waals surface area (Å²) in [4.78, 5) is 31.7. The molecule has 0 spiro atoms. The highest BCUT2D eigenvalue weighted by Crippen LogP contribution is 2.21. The molecule has 1 aliphatic heterocycles. The van der Waals surface area contributed by atoms with E-state index in [4.69, 9.17) is 9.15 Å². The lowest BCUT2D eigenvalue weighted by Gasteiger charge is -2.25. The van der Waals surface area contributed by atoms with Gasteiger partial charge in [0.2, 0.25) is 10.1 Å². The van der Waals surface area contributed by atoms with Crippen molar-refractivity contribution < 1.29 is 13.9 Å². The summed E-state index contributed by atoms with van der Waals surface area (Å²) in [6.07, 6.45) is 1.29. The van der Waals surface area contributed by atoms with Crippen LogP contribution in [-0.2, 0) is 11.3 Å². The first-order valence-corrected chi connectivity index (χ1v) is 8.98. The molecule has 10 heteroatoms. The van der Waals surface area contributed by atoms with Crippen molar-refractivity contribution in [3.05, 3.63) is 45.8 Å². The lowest BCUT2D eigenvalue weighted by molar-refractivity contribution is 0.0945. The summed E-state index contributed by atoms with van der Waals surface area (Å²) < 4.78 is 11.9. The second kappa shape index (κ2) is 6.89. The Morgan fingerprint density at radius 3 is 2.88 bits per heavy atom. The molecule has 3 aromatic rings. The van der Waals surface area contributed by atoms with E-state index in [1.807, 2.05) is 17.9 Å². The molecule has 1 fully saturated rings. The number of aromatic nitrogens is 3. The van der Waals surface area contributed by atoms with E-state index >= 15 is 0 Å². The number of carbonyl (C=O) groups is 1. The van der Waals surface area contributed by atoms with Gasteiger partial charge < -0.3 is 19.4 Å². The van der Waals surface area contributed by atoms with Crippen molar-refractivity contribution in [2.24, 2.45) is 0 Å². The SMILES string of the molecule is Cc1ccc(CNC(=O)c2cnc3sc(N4CCOCC4)nn3c2=O)o1. The Labute approximate surface area is 152 Å². The second-order valence-corrected chi connectivity index (χ2v) is 6.78. The lowest BCUT2D eigenvalue weighted by Crippen LogP contribution is -2.36. The summed E-state index contributed by atoms with van der Waals surface area (Å²) >= 11 is 1.32. The van der Waals surface area contributed by atoms with Crippen LogP contribution in [0.2, 0.25) is 0 Å². The van der Waals surface area contributed by atoms with Crippen molar-refractivity contribution in [2.75, 3.05) is 31.2 Å². The molecule has 26 heavy (non-hydrogen) atoms. The van der Waals surface area contributed by atoms with Gasteiger partial charge in [-0.3, -0.25) is 9.59 Å². The van der Waals surface area contributed by atoms with Crippen molar-refractivity contribution in [1.82, 2.24) is 19.9 Å². The maximum absolute atomic E-state index is 12.6. The number of carbonyl (C=O) groups excluding carboxylic acids is 1. The lowest BCUT2D eigenvalue weighted by atomic mass is 10.3. The zero-order valence-corrected chi connectivity index (χ0v) is 14.9. The van der Waals surface area contributed by atoms with E-state index in [1.165, 1.54) is 22.0 Å². The van der Waals surface area contributed by atoms with E-state index in [1.54, 1.807) is 6.07 Å². The van der Waals surface area contributed by atoms with E-state index in [-0.39, 0.29) is 12.1 Å². The normalized spacial score (nSPS) is 14.7. The standard InChI is InChI=1S/C16H17N5O4S/c1-10-2-3-11(25-10)8-17-13(22)12-9-18-15-21(14(12)23)19-16(26-15)20-4-6-24-7-5-20/h2-3,9H,4-8H2,1H3,(H,17,22). The molecule has 1 saturated heterocycles. The molecule has 1 N–H and O–H groups in total. The number of ether oxygens (including phenoxy) is 1. The fourth-order valence-corrected chi connectivity index (χ4v) is 3.57. The number of rotatable bonds is 4. The minimum atomic E-state index is -0.508. The van der Waals surface area contributed by atoms with Crippen LogP contribution in [0.25, 0.3) is 4.96 Å². The van der Waals surface area contributed by atoms with Gasteiger partial charge in [0.1, 0.15) is 17.1 Å². The van der Waals surface area contributed by atoms with E-state index in [2.05, 4.69) is 15.4 Å². The third kappa shape index (κ3) is 3.20. The molecule has 9 nitrogen and oxygen atoms in total. The fraction of sp³-hybridized carbons (Fsp3) is 0.375. The molecule has 1 aliphatic rings. The van der Waals surface area contributed by atoms with Crippen LogP contribution in [0.5, 0.6) is 0 Å². The highest BCUT2D eigenvalue weighted by atomic mass is 32.1. The third-order valence-corrected chi connectivity index (χ3v) is 5.00. The summed E-state index contributed by atoms with van der Waals surface area (Å²) in [5, 5.41) is 7.70. The largest absolute Gasteiger partial charge is 0.465 e. The number of furan rings is 1. The van der Waals surface area contributed by atoms with Gasteiger partial charge in [-0.15, -0.1) is 5.10 Å². The van der Waals surface area contributed by atoms with E-state index in [0.29, 0.717) is 42.2 Å². The maximum atomic E-state index is 12.6. The van der Waals surface area contributed by atoms with Crippen molar-refractivity contribution in [1.29, 1.82) is 0 Å². The molecule has 4 rings (SSSR count). The van der Waals surface area contributed by atoms with Gasteiger partial charge in [-0.05, 0) is 19.1 Å². The fourth-order valence-electron chi connectivity index (χ4n) is 2.66. The second-order valence-electron chi connectivity index (χ2n) is 5.85. The van der Waals surface area contributed by atoms with Gasteiger partial charge >= 0.3 is 0 Å². The summed E-state index contributed by atoms with van der Waals surface area (Å²) in [7, 11) is 0. The van der Waals surface area contributed by atoms with E-state index in [0.717, 1.165) is 5.76 Å². The maximum Gasteiger partial charge on any atom is 0.288 e. The predicted molar refractivity (Wildman–Crippen MR) is 94.8 cm³/mol. The average Bonchev–Trinajstić information content (AvgIpc) is 3.27. The minimum Gasteiger partial charge on any atom is -0.465 e. The molecule has 4 heterocycles. The quantitative estimate of drug-likeness (QED) is 0.720. The first kappa shape index (κ1) is 16.7. The van der Waals surface area contributed by atoms with Crippen LogP contribution >= 0.6 is 11.3 Å². The summed E-state index contributed by atoms with van der Waals surface area (Å²) in [5.74, 6) is 0.871. The van der Waals surface area contributed by atoms with Crippen LogP contribution in [0.1, 0.15) is 21.9 Å². The third-order valence-electron chi connectivity index (χ3n) is 4.02. The Kier molecular flexibility index (Phi) is 4.43. The summed E-state index contributed by atoms with van der Waals surface area (Å²) in [5.41, 5.74) is -0.538.